The first kappa shape index (κ1) is 4.64. The van der Waals surface area contributed by atoms with E-state index in [4.69, 9.17) is 0 Å². The minimum absolute atomic E-state index is 0.505. The van der Waals surface area contributed by atoms with Crippen LogP contribution in [0.15, 0.2) is 12.3 Å². The number of hydrogen-bond acceptors (Lipinski definition) is 2. The van der Waals surface area contributed by atoms with E-state index < -0.39 is 5.95 Å². The van der Waals surface area contributed by atoms with Crippen molar-refractivity contribution < 1.29 is 4.39 Å². The molecule has 38 valence electrons. The summed E-state index contributed by atoms with van der Waals surface area (Å²) in [6, 6.07) is 1.23. The zero-order chi connectivity index (χ0) is 5.28. The van der Waals surface area contributed by atoms with Gasteiger partial charge in [-0.3, -0.25) is 0 Å². The maximum atomic E-state index is 11.7. The van der Waals surface area contributed by atoms with Crippen LogP contribution in [0.4, 0.5) is 4.39 Å². The number of thiol groups is 1. The molecular formula is C3H3FN2S. The van der Waals surface area contributed by atoms with Crippen molar-refractivity contribution in [3.63, 3.8) is 0 Å². The Morgan fingerprint density at radius 2 is 2.57 bits per heavy atom. The van der Waals surface area contributed by atoms with E-state index in [-0.39, 0.29) is 0 Å². The Morgan fingerprint density at radius 1 is 1.86 bits per heavy atom. The van der Waals surface area contributed by atoms with E-state index in [0.29, 0.717) is 0 Å². The van der Waals surface area contributed by atoms with Crippen LogP contribution in [0.5, 0.6) is 0 Å². The molecule has 2 nitrogen and oxygen atoms in total. The summed E-state index contributed by atoms with van der Waals surface area (Å²) in [7, 11) is 0. The molecule has 1 heterocycles. The Labute approximate surface area is 45.5 Å². The number of aromatic nitrogens is 2. The topological polar surface area (TPSA) is 17.8 Å². The Hall–Kier alpha value is -0.510. The van der Waals surface area contributed by atoms with Gasteiger partial charge in [-0.05, 0) is 12.8 Å². The molecule has 0 aromatic carbocycles. The SMILES string of the molecule is Fc1ccn(S)n1. The molecule has 0 atom stereocenters. The molecule has 0 unspecified atom stereocenters. The first-order chi connectivity index (χ1) is 3.29. The largest absolute Gasteiger partial charge is 0.233 e. The Morgan fingerprint density at radius 3 is 2.71 bits per heavy atom. The molecule has 1 rings (SSSR count). The van der Waals surface area contributed by atoms with E-state index in [9.17, 15) is 4.39 Å². The van der Waals surface area contributed by atoms with E-state index in [1.165, 1.54) is 12.3 Å². The van der Waals surface area contributed by atoms with Crippen LogP contribution in [-0.2, 0) is 0 Å². The molecule has 0 spiro atoms. The highest BCUT2D eigenvalue weighted by Crippen LogP contribution is 1.91. The van der Waals surface area contributed by atoms with Gasteiger partial charge in [0.1, 0.15) is 0 Å². The van der Waals surface area contributed by atoms with E-state index in [2.05, 4.69) is 17.9 Å². The van der Waals surface area contributed by atoms with Crippen LogP contribution in [0.25, 0.3) is 0 Å². The lowest BCUT2D eigenvalue weighted by atomic mass is 10.7. The maximum Gasteiger partial charge on any atom is 0.233 e. The monoisotopic (exact) mass is 118 g/mol. The number of nitrogens with zero attached hydrogens (tertiary/aromatic N) is 2. The second-order valence-electron chi connectivity index (χ2n) is 1.06. The molecule has 0 aliphatic rings. The highest BCUT2D eigenvalue weighted by Gasteiger charge is 1.87. The van der Waals surface area contributed by atoms with E-state index in [0.717, 1.165) is 4.09 Å². The van der Waals surface area contributed by atoms with Gasteiger partial charge in [0.15, 0.2) is 0 Å². The second kappa shape index (κ2) is 1.54. The van der Waals surface area contributed by atoms with Crippen molar-refractivity contribution in [3.05, 3.63) is 18.2 Å². The number of hydrogen-bond donors (Lipinski definition) is 1. The van der Waals surface area contributed by atoms with Crippen LogP contribution in [-0.4, -0.2) is 9.19 Å². The quantitative estimate of drug-likeness (QED) is 0.497. The fourth-order valence-corrected chi connectivity index (χ4v) is 0.445. The second-order valence-corrected chi connectivity index (χ2v) is 1.47. The summed E-state index contributed by atoms with van der Waals surface area (Å²) in [6.45, 7) is 0. The van der Waals surface area contributed by atoms with Crippen LogP contribution in [0.1, 0.15) is 0 Å². The molecule has 0 amide bonds. The van der Waals surface area contributed by atoms with Gasteiger partial charge in [0.05, 0.1) is 0 Å². The van der Waals surface area contributed by atoms with Crippen LogP contribution in [0, 0.1) is 5.95 Å². The summed E-state index contributed by atoms with van der Waals surface area (Å²) >= 11 is 3.67. The average molecular weight is 118 g/mol. The smallest absolute Gasteiger partial charge is 0.214 e. The predicted octanol–water partition coefficient (Wildman–Crippen LogP) is 0.715. The summed E-state index contributed by atoms with van der Waals surface area (Å²) in [5, 5.41) is 3.23. The van der Waals surface area contributed by atoms with E-state index in [1.54, 1.807) is 0 Å². The fraction of sp³-hybridized carbons (Fsp3) is 0. The molecule has 0 N–H and O–H groups in total. The van der Waals surface area contributed by atoms with Gasteiger partial charge in [0.25, 0.3) is 0 Å². The predicted molar refractivity (Wildman–Crippen MR) is 26.6 cm³/mol. The molecule has 4 heteroatoms. The normalized spacial score (nSPS) is 9.43. The molecular weight excluding hydrogens is 115 g/mol. The third-order valence-electron chi connectivity index (χ3n) is 0.543. The lowest BCUT2D eigenvalue weighted by molar-refractivity contribution is 0.575. The molecule has 1 aromatic rings. The summed E-state index contributed by atoms with van der Waals surface area (Å²) in [4.78, 5) is 0. The number of halogens is 1. The molecule has 0 radical (unpaired) electrons. The first-order valence-electron chi connectivity index (χ1n) is 1.69. The Kier molecular flexibility index (Phi) is 1.02. The molecule has 1 aromatic heterocycles. The van der Waals surface area contributed by atoms with Crippen molar-refractivity contribution in [2.75, 3.05) is 0 Å². The van der Waals surface area contributed by atoms with Crippen molar-refractivity contribution in [2.24, 2.45) is 0 Å². The van der Waals surface area contributed by atoms with Crippen LogP contribution in [0.3, 0.4) is 0 Å². The zero-order valence-electron chi connectivity index (χ0n) is 3.37. The molecule has 0 saturated heterocycles. The number of rotatable bonds is 0. The van der Waals surface area contributed by atoms with Crippen molar-refractivity contribution in [1.82, 2.24) is 9.19 Å². The van der Waals surface area contributed by atoms with Gasteiger partial charge in [0.2, 0.25) is 5.95 Å². The van der Waals surface area contributed by atoms with Gasteiger partial charge in [0, 0.05) is 12.3 Å². The highest BCUT2D eigenvalue weighted by atomic mass is 32.1. The summed E-state index contributed by atoms with van der Waals surface area (Å²) in [6.07, 6.45) is 1.42. The molecule has 0 aliphatic carbocycles. The minimum atomic E-state index is -0.505. The van der Waals surface area contributed by atoms with E-state index >= 15 is 0 Å². The van der Waals surface area contributed by atoms with Crippen molar-refractivity contribution in [1.29, 1.82) is 0 Å². The average Bonchev–Trinajstić information content (AvgIpc) is 1.87. The van der Waals surface area contributed by atoms with Gasteiger partial charge in [-0.15, -0.1) is 5.10 Å². The molecule has 0 aliphatic heterocycles. The molecule has 0 saturated carbocycles. The first-order valence-corrected chi connectivity index (χ1v) is 2.09. The summed E-state index contributed by atoms with van der Waals surface area (Å²) < 4.78 is 12.9. The molecule has 7 heavy (non-hydrogen) atoms. The lowest BCUT2D eigenvalue weighted by Crippen LogP contribution is -1.78. The third kappa shape index (κ3) is 0.928. The Balaban J connectivity index is 3.04. The molecule has 0 fully saturated rings. The lowest BCUT2D eigenvalue weighted by Gasteiger charge is -1.76. The van der Waals surface area contributed by atoms with Crippen molar-refractivity contribution in [2.45, 2.75) is 0 Å². The van der Waals surface area contributed by atoms with Gasteiger partial charge in [-0.2, -0.15) is 4.39 Å². The standard InChI is InChI=1S/C3H3FN2S/c4-3-1-2-6(7)5-3/h1-2,7H. The molecule has 0 bridgehead atoms. The Bertz CT molecular complexity index is 145. The highest BCUT2D eigenvalue weighted by molar-refractivity contribution is 7.78. The minimum Gasteiger partial charge on any atom is -0.214 e. The van der Waals surface area contributed by atoms with Crippen LogP contribution >= 0.6 is 12.8 Å². The van der Waals surface area contributed by atoms with Gasteiger partial charge < -0.3 is 0 Å². The van der Waals surface area contributed by atoms with Gasteiger partial charge in [-0.1, -0.05) is 0 Å². The summed E-state index contributed by atoms with van der Waals surface area (Å²) in [5.74, 6) is -0.505. The fourth-order valence-electron chi connectivity index (χ4n) is 0.293. The van der Waals surface area contributed by atoms with Crippen LogP contribution in [0.2, 0.25) is 0 Å². The maximum absolute atomic E-state index is 11.7. The zero-order valence-corrected chi connectivity index (χ0v) is 4.27. The van der Waals surface area contributed by atoms with Crippen LogP contribution < -0.4 is 0 Å². The third-order valence-corrected chi connectivity index (χ3v) is 0.766. The van der Waals surface area contributed by atoms with Gasteiger partial charge in [-0.25, -0.2) is 4.09 Å². The van der Waals surface area contributed by atoms with Crippen molar-refractivity contribution >= 4 is 12.8 Å². The van der Waals surface area contributed by atoms with Gasteiger partial charge >= 0.3 is 0 Å². The summed E-state index contributed by atoms with van der Waals surface area (Å²) in [5.41, 5.74) is 0. The van der Waals surface area contributed by atoms with E-state index in [1.807, 2.05) is 0 Å². The van der Waals surface area contributed by atoms with Crippen molar-refractivity contribution in [3.8, 4) is 0 Å².